The second-order valence-electron chi connectivity index (χ2n) is 5.37. The standard InChI is InChI=1S/C16H22N2O3S2/c1-5-20-11-6-7-12-13(8-11)18(16(19)21-10(2)3)14(9-23-4)15(22)17-12/h6-8,10,14H,5,9H2,1-4H3,(H,17,22)/t14-/m0/s1. The first-order valence-corrected chi connectivity index (χ1v) is 9.34. The summed E-state index contributed by atoms with van der Waals surface area (Å²) in [6, 6.07) is 5.34. The molecule has 1 heterocycles. The average Bonchev–Trinajstić information content (AvgIpc) is 2.48. The molecule has 1 N–H and O–H groups in total. The van der Waals surface area contributed by atoms with Gasteiger partial charge in [-0.1, -0.05) is 12.2 Å². The summed E-state index contributed by atoms with van der Waals surface area (Å²) in [5.74, 6) is 1.41. The fourth-order valence-corrected chi connectivity index (χ4v) is 3.40. The first kappa shape index (κ1) is 17.9. The lowest BCUT2D eigenvalue weighted by atomic mass is 10.1. The van der Waals surface area contributed by atoms with Crippen LogP contribution in [0, 0.1) is 0 Å². The number of benzene rings is 1. The molecule has 1 atom stereocenters. The lowest BCUT2D eigenvalue weighted by molar-refractivity contribution is 0.122. The van der Waals surface area contributed by atoms with Crippen molar-refractivity contribution in [1.82, 2.24) is 0 Å². The predicted octanol–water partition coefficient (Wildman–Crippen LogP) is 3.92. The van der Waals surface area contributed by atoms with E-state index in [1.165, 1.54) is 0 Å². The van der Waals surface area contributed by atoms with Gasteiger partial charge in [0.2, 0.25) is 0 Å². The largest absolute Gasteiger partial charge is 0.494 e. The van der Waals surface area contributed by atoms with Gasteiger partial charge in [-0.2, -0.15) is 11.8 Å². The Hall–Kier alpha value is -1.47. The van der Waals surface area contributed by atoms with Gasteiger partial charge in [0.05, 0.1) is 30.1 Å². The number of thioether (sulfide) groups is 1. The van der Waals surface area contributed by atoms with E-state index in [-0.39, 0.29) is 12.1 Å². The van der Waals surface area contributed by atoms with E-state index in [9.17, 15) is 4.79 Å². The second kappa shape index (κ2) is 7.88. The molecule has 1 aromatic carbocycles. The Morgan fingerprint density at radius 2 is 2.22 bits per heavy atom. The zero-order chi connectivity index (χ0) is 17.0. The third-order valence-electron chi connectivity index (χ3n) is 3.27. The van der Waals surface area contributed by atoms with Gasteiger partial charge in [0.15, 0.2) is 0 Å². The van der Waals surface area contributed by atoms with Crippen LogP contribution >= 0.6 is 24.0 Å². The molecule has 0 radical (unpaired) electrons. The number of nitrogens with one attached hydrogen (secondary N) is 1. The highest BCUT2D eigenvalue weighted by atomic mass is 32.2. The van der Waals surface area contributed by atoms with Crippen LogP contribution in [0.25, 0.3) is 0 Å². The van der Waals surface area contributed by atoms with Gasteiger partial charge in [-0.05, 0) is 39.2 Å². The van der Waals surface area contributed by atoms with E-state index in [0.717, 1.165) is 11.4 Å². The summed E-state index contributed by atoms with van der Waals surface area (Å²) in [5, 5.41) is 3.22. The van der Waals surface area contributed by atoms with Crippen molar-refractivity contribution in [2.45, 2.75) is 32.9 Å². The normalized spacial score (nSPS) is 16.8. The molecule has 1 aliphatic heterocycles. The first-order chi connectivity index (χ1) is 11.0. The fraction of sp³-hybridized carbons (Fsp3) is 0.500. The molecule has 0 saturated carbocycles. The summed E-state index contributed by atoms with van der Waals surface area (Å²) < 4.78 is 11.0. The van der Waals surface area contributed by atoms with Crippen molar-refractivity contribution < 1.29 is 14.3 Å². The summed E-state index contributed by atoms with van der Waals surface area (Å²) >= 11 is 7.09. The van der Waals surface area contributed by atoms with Crippen LogP contribution in [0.1, 0.15) is 20.8 Å². The molecule has 1 amide bonds. The number of thiocarbonyl (C=S) groups is 1. The Balaban J connectivity index is 2.45. The SMILES string of the molecule is CCOc1ccc2c(c1)N(C(=O)OC(C)C)[C@@H](CSC)C(=S)N2. The van der Waals surface area contributed by atoms with E-state index in [4.69, 9.17) is 21.7 Å². The molecule has 126 valence electrons. The molecule has 0 saturated heterocycles. The molecule has 0 aromatic heterocycles. The van der Waals surface area contributed by atoms with Crippen molar-refractivity contribution in [3.05, 3.63) is 18.2 Å². The number of hydrogen-bond acceptors (Lipinski definition) is 5. The van der Waals surface area contributed by atoms with Crippen LogP contribution in [0.15, 0.2) is 18.2 Å². The van der Waals surface area contributed by atoms with Crippen LogP contribution in [0.5, 0.6) is 5.75 Å². The summed E-state index contributed by atoms with van der Waals surface area (Å²) in [5.41, 5.74) is 1.52. The van der Waals surface area contributed by atoms with Gasteiger partial charge in [0.1, 0.15) is 10.7 Å². The van der Waals surface area contributed by atoms with Gasteiger partial charge in [-0.3, -0.25) is 4.90 Å². The number of fused-ring (bicyclic) bond motifs is 1. The Kier molecular flexibility index (Phi) is 6.12. The zero-order valence-corrected chi connectivity index (χ0v) is 15.4. The predicted molar refractivity (Wildman–Crippen MR) is 100 cm³/mol. The number of amides is 1. The van der Waals surface area contributed by atoms with Gasteiger partial charge >= 0.3 is 6.09 Å². The van der Waals surface area contributed by atoms with Crippen molar-refractivity contribution in [1.29, 1.82) is 0 Å². The monoisotopic (exact) mass is 354 g/mol. The number of anilines is 2. The van der Waals surface area contributed by atoms with E-state index < -0.39 is 6.09 Å². The molecule has 1 aliphatic rings. The van der Waals surface area contributed by atoms with Crippen LogP contribution in [-0.4, -0.2) is 41.8 Å². The van der Waals surface area contributed by atoms with Gasteiger partial charge < -0.3 is 14.8 Å². The zero-order valence-electron chi connectivity index (χ0n) is 13.8. The molecule has 2 rings (SSSR count). The Bertz CT molecular complexity index is 593. The lowest BCUT2D eigenvalue weighted by Crippen LogP contribution is -2.52. The molecule has 0 spiro atoms. The molecule has 0 bridgehead atoms. The van der Waals surface area contributed by atoms with Gasteiger partial charge in [0.25, 0.3) is 0 Å². The van der Waals surface area contributed by atoms with Crippen LogP contribution in [0.3, 0.4) is 0 Å². The molecule has 0 aliphatic carbocycles. The number of carbonyl (C=O) groups excluding carboxylic acids is 1. The van der Waals surface area contributed by atoms with Gasteiger partial charge in [-0.25, -0.2) is 4.79 Å². The molecule has 23 heavy (non-hydrogen) atoms. The van der Waals surface area contributed by atoms with Crippen LogP contribution in [-0.2, 0) is 4.74 Å². The molecule has 7 heteroatoms. The number of carbonyl (C=O) groups is 1. The fourth-order valence-electron chi connectivity index (χ4n) is 2.37. The van der Waals surface area contributed by atoms with Crippen LogP contribution in [0.2, 0.25) is 0 Å². The maximum absolute atomic E-state index is 12.6. The Morgan fingerprint density at radius 3 is 2.83 bits per heavy atom. The van der Waals surface area contributed by atoms with Crippen LogP contribution < -0.4 is 15.0 Å². The quantitative estimate of drug-likeness (QED) is 0.809. The van der Waals surface area contributed by atoms with E-state index in [1.54, 1.807) is 16.7 Å². The molecule has 0 fully saturated rings. The third-order valence-corrected chi connectivity index (χ3v) is 4.29. The number of nitrogens with zero attached hydrogens (tertiary/aromatic N) is 1. The summed E-state index contributed by atoms with van der Waals surface area (Å²) in [6.45, 7) is 6.16. The van der Waals surface area contributed by atoms with E-state index in [2.05, 4.69) is 5.32 Å². The van der Waals surface area contributed by atoms with Gasteiger partial charge in [0, 0.05) is 11.8 Å². The van der Waals surface area contributed by atoms with Crippen molar-refractivity contribution >= 4 is 46.4 Å². The van der Waals surface area contributed by atoms with Gasteiger partial charge in [-0.15, -0.1) is 0 Å². The molecule has 0 unspecified atom stereocenters. The second-order valence-corrected chi connectivity index (χ2v) is 6.73. The number of hydrogen-bond donors (Lipinski definition) is 1. The van der Waals surface area contributed by atoms with E-state index in [1.807, 2.05) is 45.2 Å². The maximum Gasteiger partial charge on any atom is 0.415 e. The topological polar surface area (TPSA) is 50.8 Å². The average molecular weight is 354 g/mol. The van der Waals surface area contributed by atoms with Crippen molar-refractivity contribution in [3.8, 4) is 5.75 Å². The highest BCUT2D eigenvalue weighted by Gasteiger charge is 2.36. The summed E-state index contributed by atoms with van der Waals surface area (Å²) in [7, 11) is 0. The summed E-state index contributed by atoms with van der Waals surface area (Å²) in [4.78, 5) is 14.9. The van der Waals surface area contributed by atoms with E-state index >= 15 is 0 Å². The molecule has 5 nitrogen and oxygen atoms in total. The maximum atomic E-state index is 12.6. The molecular weight excluding hydrogens is 332 g/mol. The minimum absolute atomic E-state index is 0.195. The molecule has 1 aromatic rings. The Morgan fingerprint density at radius 1 is 1.48 bits per heavy atom. The number of ether oxygens (including phenoxy) is 2. The lowest BCUT2D eigenvalue weighted by Gasteiger charge is -2.37. The Labute approximate surface area is 146 Å². The van der Waals surface area contributed by atoms with Crippen LogP contribution in [0.4, 0.5) is 16.2 Å². The smallest absolute Gasteiger partial charge is 0.415 e. The molecular formula is C16H22N2O3S2. The highest BCUT2D eigenvalue weighted by molar-refractivity contribution is 7.98. The minimum atomic E-state index is -0.391. The van der Waals surface area contributed by atoms with Crippen molar-refractivity contribution in [2.75, 3.05) is 28.8 Å². The third kappa shape index (κ3) is 4.09. The van der Waals surface area contributed by atoms with Crippen molar-refractivity contribution in [3.63, 3.8) is 0 Å². The van der Waals surface area contributed by atoms with Crippen molar-refractivity contribution in [2.24, 2.45) is 0 Å². The first-order valence-electron chi connectivity index (χ1n) is 7.54. The highest BCUT2D eigenvalue weighted by Crippen LogP contribution is 2.37. The van der Waals surface area contributed by atoms with E-state index in [0.29, 0.717) is 23.1 Å². The minimum Gasteiger partial charge on any atom is -0.494 e. The summed E-state index contributed by atoms with van der Waals surface area (Å²) in [6.07, 6.45) is 1.40. The number of rotatable bonds is 5.